The van der Waals surface area contributed by atoms with Gasteiger partial charge in [-0.3, -0.25) is 9.59 Å². The number of urea groups is 1. The first kappa shape index (κ1) is 15.3. The number of nitrogens with zero attached hydrogens (tertiary/aromatic N) is 2. The van der Waals surface area contributed by atoms with E-state index >= 15 is 0 Å². The van der Waals surface area contributed by atoms with Crippen LogP contribution in [0.3, 0.4) is 0 Å². The molecular formula is C12H20N2O5. The third-order valence-corrected chi connectivity index (χ3v) is 3.00. The maximum absolute atomic E-state index is 12.3. The molecule has 1 rings (SSSR count). The number of hydrogen-bond acceptors (Lipinski definition) is 4. The van der Waals surface area contributed by atoms with Gasteiger partial charge in [-0.15, -0.1) is 0 Å². The molecule has 1 aliphatic carbocycles. The normalized spacial score (nSPS) is 13.8. The van der Waals surface area contributed by atoms with Gasteiger partial charge in [0.25, 0.3) is 0 Å². The zero-order chi connectivity index (χ0) is 14.4. The summed E-state index contributed by atoms with van der Waals surface area (Å²) in [5, 5.41) is 8.70. The van der Waals surface area contributed by atoms with Crippen molar-refractivity contribution in [1.82, 2.24) is 9.80 Å². The number of amides is 2. The highest BCUT2D eigenvalue weighted by atomic mass is 16.5. The fraction of sp³-hybridized carbons (Fsp3) is 0.750. The van der Waals surface area contributed by atoms with Crippen molar-refractivity contribution in [1.29, 1.82) is 0 Å². The predicted molar refractivity (Wildman–Crippen MR) is 66.6 cm³/mol. The van der Waals surface area contributed by atoms with E-state index < -0.39 is 11.9 Å². The van der Waals surface area contributed by atoms with E-state index in [0.717, 1.165) is 12.8 Å². The van der Waals surface area contributed by atoms with Crippen molar-refractivity contribution in [2.24, 2.45) is 0 Å². The van der Waals surface area contributed by atoms with Crippen molar-refractivity contribution in [2.45, 2.75) is 32.2 Å². The Hall–Kier alpha value is -1.79. The molecule has 0 aliphatic heterocycles. The Morgan fingerprint density at radius 2 is 1.95 bits per heavy atom. The van der Waals surface area contributed by atoms with Gasteiger partial charge in [-0.05, 0) is 19.8 Å². The molecule has 108 valence electrons. The number of ether oxygens (including phenoxy) is 1. The molecule has 7 nitrogen and oxygen atoms in total. The van der Waals surface area contributed by atoms with Crippen LogP contribution >= 0.6 is 0 Å². The predicted octanol–water partition coefficient (Wildman–Crippen LogP) is 0.540. The maximum atomic E-state index is 12.3. The van der Waals surface area contributed by atoms with E-state index in [-0.39, 0.29) is 31.6 Å². The molecule has 0 atom stereocenters. The number of rotatable bonds is 7. The molecule has 0 radical (unpaired) electrons. The SMILES string of the molecule is CCN(CC(=O)OC)C(=O)N(CCC(=O)O)C1CC1. The van der Waals surface area contributed by atoms with Gasteiger partial charge in [-0.2, -0.15) is 0 Å². The van der Waals surface area contributed by atoms with Crippen molar-refractivity contribution in [2.75, 3.05) is 26.7 Å². The number of carbonyl (C=O) groups excluding carboxylic acids is 2. The highest BCUT2D eigenvalue weighted by Gasteiger charge is 2.35. The topological polar surface area (TPSA) is 87.2 Å². The Morgan fingerprint density at radius 1 is 1.32 bits per heavy atom. The van der Waals surface area contributed by atoms with Gasteiger partial charge >= 0.3 is 18.0 Å². The molecule has 0 aromatic carbocycles. The molecule has 1 N–H and O–H groups in total. The van der Waals surface area contributed by atoms with Gasteiger partial charge in [-0.1, -0.05) is 0 Å². The second kappa shape index (κ2) is 6.96. The van der Waals surface area contributed by atoms with E-state index in [0.29, 0.717) is 6.54 Å². The molecule has 7 heteroatoms. The minimum absolute atomic E-state index is 0.0853. The standard InChI is InChI=1S/C12H20N2O5/c1-3-13(8-11(17)19-2)12(18)14(9-4-5-9)7-6-10(15)16/h9H,3-8H2,1-2H3,(H,15,16). The van der Waals surface area contributed by atoms with Crippen molar-refractivity contribution in [3.63, 3.8) is 0 Å². The van der Waals surface area contributed by atoms with Crippen LogP contribution in [0.25, 0.3) is 0 Å². The summed E-state index contributed by atoms with van der Waals surface area (Å²) in [6.45, 7) is 2.21. The average Bonchev–Trinajstić information content (AvgIpc) is 3.19. The molecular weight excluding hydrogens is 252 g/mol. The summed E-state index contributed by atoms with van der Waals surface area (Å²) in [7, 11) is 1.27. The Kier molecular flexibility index (Phi) is 5.59. The molecule has 19 heavy (non-hydrogen) atoms. The summed E-state index contributed by atoms with van der Waals surface area (Å²) in [5.41, 5.74) is 0. The first-order valence-corrected chi connectivity index (χ1v) is 6.33. The van der Waals surface area contributed by atoms with Crippen LogP contribution in [0.1, 0.15) is 26.2 Å². The number of carboxylic acid groups (broad SMARTS) is 1. The molecule has 0 heterocycles. The third-order valence-electron chi connectivity index (χ3n) is 3.00. The van der Waals surface area contributed by atoms with Crippen LogP contribution in [-0.2, 0) is 14.3 Å². The second-order valence-electron chi connectivity index (χ2n) is 4.44. The average molecular weight is 272 g/mol. The summed E-state index contributed by atoms with van der Waals surface area (Å²) in [5.74, 6) is -1.42. The summed E-state index contributed by atoms with van der Waals surface area (Å²) >= 11 is 0. The molecule has 0 aromatic rings. The quantitative estimate of drug-likeness (QED) is 0.683. The van der Waals surface area contributed by atoms with E-state index in [9.17, 15) is 14.4 Å². The lowest BCUT2D eigenvalue weighted by Gasteiger charge is -2.29. The molecule has 0 saturated heterocycles. The highest BCUT2D eigenvalue weighted by molar-refractivity contribution is 5.81. The molecule has 0 spiro atoms. The fourth-order valence-electron chi connectivity index (χ4n) is 1.75. The van der Waals surface area contributed by atoms with Crippen LogP contribution in [-0.4, -0.2) is 65.7 Å². The highest BCUT2D eigenvalue weighted by Crippen LogP contribution is 2.27. The van der Waals surface area contributed by atoms with E-state index in [1.54, 1.807) is 11.8 Å². The number of esters is 1. The van der Waals surface area contributed by atoms with Crippen LogP contribution in [0.4, 0.5) is 4.79 Å². The van der Waals surface area contributed by atoms with Gasteiger partial charge in [0.15, 0.2) is 0 Å². The maximum Gasteiger partial charge on any atom is 0.325 e. The third kappa shape index (κ3) is 4.76. The zero-order valence-electron chi connectivity index (χ0n) is 11.3. The lowest BCUT2D eigenvalue weighted by Crippen LogP contribution is -2.47. The molecule has 0 unspecified atom stereocenters. The Morgan fingerprint density at radius 3 is 2.37 bits per heavy atom. The number of hydrogen-bond donors (Lipinski definition) is 1. The molecule has 1 fully saturated rings. The van der Waals surface area contributed by atoms with Gasteiger partial charge in [0.2, 0.25) is 0 Å². The number of methoxy groups -OCH3 is 1. The van der Waals surface area contributed by atoms with Crippen LogP contribution in [0.15, 0.2) is 0 Å². The number of carbonyl (C=O) groups is 3. The fourth-order valence-corrected chi connectivity index (χ4v) is 1.75. The molecule has 1 aliphatic rings. The molecule has 1 saturated carbocycles. The Labute approximate surface area is 112 Å². The van der Waals surface area contributed by atoms with Crippen LogP contribution in [0.2, 0.25) is 0 Å². The second-order valence-corrected chi connectivity index (χ2v) is 4.44. The Balaban J connectivity index is 2.62. The van der Waals surface area contributed by atoms with Crippen molar-refractivity contribution in [3.8, 4) is 0 Å². The van der Waals surface area contributed by atoms with Gasteiger partial charge in [0.05, 0.1) is 13.5 Å². The van der Waals surface area contributed by atoms with E-state index in [1.165, 1.54) is 12.0 Å². The minimum atomic E-state index is -0.936. The first-order chi connectivity index (χ1) is 8.99. The first-order valence-electron chi connectivity index (χ1n) is 6.33. The number of aliphatic carboxylic acids is 1. The summed E-state index contributed by atoms with van der Waals surface area (Å²) in [6, 6.07) is -0.185. The number of carboxylic acids is 1. The van der Waals surface area contributed by atoms with Crippen molar-refractivity contribution < 1.29 is 24.2 Å². The monoisotopic (exact) mass is 272 g/mol. The Bertz CT molecular complexity index is 354. The van der Waals surface area contributed by atoms with Gasteiger partial charge in [0.1, 0.15) is 6.54 Å². The summed E-state index contributed by atoms with van der Waals surface area (Å²) in [6.07, 6.45) is 1.69. The van der Waals surface area contributed by atoms with Crippen molar-refractivity contribution >= 4 is 18.0 Å². The molecule has 0 aromatic heterocycles. The van der Waals surface area contributed by atoms with E-state index in [1.807, 2.05) is 0 Å². The van der Waals surface area contributed by atoms with Gasteiger partial charge in [-0.25, -0.2) is 4.79 Å². The largest absolute Gasteiger partial charge is 0.481 e. The minimum Gasteiger partial charge on any atom is -0.481 e. The summed E-state index contributed by atoms with van der Waals surface area (Å²) in [4.78, 5) is 37.0. The van der Waals surface area contributed by atoms with Crippen LogP contribution < -0.4 is 0 Å². The van der Waals surface area contributed by atoms with Gasteiger partial charge < -0.3 is 19.6 Å². The van der Waals surface area contributed by atoms with E-state index in [2.05, 4.69) is 4.74 Å². The molecule has 2 amide bonds. The van der Waals surface area contributed by atoms with Gasteiger partial charge in [0, 0.05) is 19.1 Å². The summed E-state index contributed by atoms with van der Waals surface area (Å²) < 4.78 is 4.54. The zero-order valence-corrected chi connectivity index (χ0v) is 11.3. The van der Waals surface area contributed by atoms with E-state index in [4.69, 9.17) is 5.11 Å². The smallest absolute Gasteiger partial charge is 0.325 e. The van der Waals surface area contributed by atoms with Crippen LogP contribution in [0, 0.1) is 0 Å². The number of likely N-dealkylation sites (N-methyl/N-ethyl adjacent to an activating group) is 1. The molecule has 0 bridgehead atoms. The lowest BCUT2D eigenvalue weighted by molar-refractivity contribution is -0.141. The lowest BCUT2D eigenvalue weighted by atomic mass is 10.3. The van der Waals surface area contributed by atoms with Crippen LogP contribution in [0.5, 0.6) is 0 Å². The van der Waals surface area contributed by atoms with Crippen molar-refractivity contribution in [3.05, 3.63) is 0 Å².